The molecule has 1 aromatic carbocycles. The summed E-state index contributed by atoms with van der Waals surface area (Å²) in [7, 11) is 0. The van der Waals surface area contributed by atoms with E-state index >= 15 is 0 Å². The Kier molecular flexibility index (Phi) is 5.79. The summed E-state index contributed by atoms with van der Waals surface area (Å²) in [4.78, 5) is 0. The Morgan fingerprint density at radius 2 is 2.10 bits per heavy atom. The lowest BCUT2D eigenvalue weighted by atomic mass is 10.1. The predicted octanol–water partition coefficient (Wildman–Crippen LogP) is 3.79. The van der Waals surface area contributed by atoms with Gasteiger partial charge < -0.3 is 14.8 Å². The minimum absolute atomic E-state index is 0.108. The van der Waals surface area contributed by atoms with E-state index in [0.717, 1.165) is 31.5 Å². The molecule has 21 heavy (non-hydrogen) atoms. The molecule has 5 heteroatoms. The Hall–Kier alpha value is -1.36. The van der Waals surface area contributed by atoms with Crippen molar-refractivity contribution >= 4 is 0 Å². The molecule has 1 aromatic rings. The number of ether oxygens (including phenoxy) is 2. The number of hydrogen-bond donors (Lipinski definition) is 1. The monoisotopic (exact) mass is 299 g/mol. The normalized spacial score (nSPS) is 20.6. The van der Waals surface area contributed by atoms with E-state index < -0.39 is 6.61 Å². The average Bonchev–Trinajstić information content (AvgIpc) is 3.20. The van der Waals surface area contributed by atoms with Crippen LogP contribution < -0.4 is 14.8 Å². The van der Waals surface area contributed by atoms with Crippen LogP contribution in [-0.4, -0.2) is 26.3 Å². The molecule has 0 bridgehead atoms. The number of rotatable bonds is 9. The third-order valence-electron chi connectivity index (χ3n) is 3.67. The maximum Gasteiger partial charge on any atom is 0.387 e. The van der Waals surface area contributed by atoms with Gasteiger partial charge in [-0.1, -0.05) is 13.0 Å². The van der Waals surface area contributed by atoms with Crippen LogP contribution in [0.5, 0.6) is 11.5 Å². The molecule has 3 nitrogen and oxygen atoms in total. The van der Waals surface area contributed by atoms with Gasteiger partial charge in [0.1, 0.15) is 0 Å². The van der Waals surface area contributed by atoms with Crippen LogP contribution in [-0.2, 0) is 0 Å². The standard InChI is InChI=1S/C16H23F2NO2/c1-3-7-19-10-12-8-13(12)11-5-6-14(21-16(17)18)15(9-11)20-4-2/h5-6,9,12-13,16,19H,3-4,7-8,10H2,1-2H3. The van der Waals surface area contributed by atoms with E-state index in [1.54, 1.807) is 6.07 Å². The largest absolute Gasteiger partial charge is 0.490 e. The van der Waals surface area contributed by atoms with Crippen LogP contribution in [0.15, 0.2) is 18.2 Å². The molecule has 2 atom stereocenters. The molecule has 2 unspecified atom stereocenters. The Labute approximate surface area is 124 Å². The molecule has 1 fully saturated rings. The fourth-order valence-corrected chi connectivity index (χ4v) is 2.56. The first kappa shape index (κ1) is 16.0. The van der Waals surface area contributed by atoms with E-state index in [0.29, 0.717) is 24.2 Å². The van der Waals surface area contributed by atoms with Crippen LogP contribution in [0.25, 0.3) is 0 Å². The van der Waals surface area contributed by atoms with Gasteiger partial charge in [0, 0.05) is 0 Å². The van der Waals surface area contributed by atoms with Gasteiger partial charge in [0.2, 0.25) is 0 Å². The quantitative estimate of drug-likeness (QED) is 0.704. The lowest BCUT2D eigenvalue weighted by Crippen LogP contribution is -2.17. The van der Waals surface area contributed by atoms with Gasteiger partial charge in [-0.2, -0.15) is 8.78 Å². The van der Waals surface area contributed by atoms with Gasteiger partial charge in [0.15, 0.2) is 11.5 Å². The number of hydrogen-bond acceptors (Lipinski definition) is 3. The lowest BCUT2D eigenvalue weighted by molar-refractivity contribution is -0.0514. The van der Waals surface area contributed by atoms with Gasteiger partial charge in [-0.15, -0.1) is 0 Å². The van der Waals surface area contributed by atoms with Crippen molar-refractivity contribution in [3.63, 3.8) is 0 Å². The highest BCUT2D eigenvalue weighted by atomic mass is 19.3. The Bertz CT molecular complexity index is 454. The number of alkyl halides is 2. The van der Waals surface area contributed by atoms with Crippen LogP contribution in [0.3, 0.4) is 0 Å². The number of halogens is 2. The molecule has 1 aliphatic carbocycles. The SMILES string of the molecule is CCCNCC1CC1c1ccc(OC(F)F)c(OCC)c1. The Balaban J connectivity index is 2.00. The maximum absolute atomic E-state index is 12.4. The minimum atomic E-state index is -2.83. The zero-order valence-electron chi connectivity index (χ0n) is 12.6. The molecule has 0 saturated heterocycles. The average molecular weight is 299 g/mol. The first-order chi connectivity index (χ1) is 10.2. The molecule has 1 N–H and O–H groups in total. The highest BCUT2D eigenvalue weighted by Crippen LogP contribution is 2.48. The first-order valence-electron chi connectivity index (χ1n) is 7.58. The van der Waals surface area contributed by atoms with Crippen LogP contribution in [0.2, 0.25) is 0 Å². The summed E-state index contributed by atoms with van der Waals surface area (Å²) in [5, 5.41) is 3.42. The number of benzene rings is 1. The van der Waals surface area contributed by atoms with Gasteiger partial charge >= 0.3 is 6.61 Å². The van der Waals surface area contributed by atoms with Crippen LogP contribution in [0.4, 0.5) is 8.78 Å². The zero-order valence-corrected chi connectivity index (χ0v) is 12.6. The third-order valence-corrected chi connectivity index (χ3v) is 3.67. The summed E-state index contributed by atoms with van der Waals surface area (Å²) in [6, 6.07) is 5.29. The fraction of sp³-hybridized carbons (Fsp3) is 0.625. The molecule has 0 aromatic heterocycles. The van der Waals surface area contributed by atoms with Gasteiger partial charge in [0.05, 0.1) is 6.61 Å². The minimum Gasteiger partial charge on any atom is -0.490 e. The zero-order chi connectivity index (χ0) is 15.2. The molecule has 0 aliphatic heterocycles. The van der Waals surface area contributed by atoms with Crippen LogP contribution in [0.1, 0.15) is 38.2 Å². The van der Waals surface area contributed by atoms with Gasteiger partial charge in [-0.3, -0.25) is 0 Å². The molecule has 2 rings (SSSR count). The number of nitrogens with one attached hydrogen (secondary N) is 1. The van der Waals surface area contributed by atoms with E-state index in [4.69, 9.17) is 4.74 Å². The second kappa shape index (κ2) is 7.59. The third kappa shape index (κ3) is 4.56. The van der Waals surface area contributed by atoms with Gasteiger partial charge in [-0.25, -0.2) is 0 Å². The second-order valence-electron chi connectivity index (χ2n) is 5.32. The summed E-state index contributed by atoms with van der Waals surface area (Å²) in [6.07, 6.45) is 2.27. The highest BCUT2D eigenvalue weighted by molar-refractivity contribution is 5.45. The predicted molar refractivity (Wildman–Crippen MR) is 78.3 cm³/mol. The molecule has 1 aliphatic rings. The van der Waals surface area contributed by atoms with Gasteiger partial charge in [0.25, 0.3) is 0 Å². The molecule has 0 spiro atoms. The van der Waals surface area contributed by atoms with E-state index in [2.05, 4.69) is 17.0 Å². The molecule has 1 saturated carbocycles. The summed E-state index contributed by atoms with van der Waals surface area (Å²) < 4.78 is 34.6. The second-order valence-corrected chi connectivity index (χ2v) is 5.32. The topological polar surface area (TPSA) is 30.5 Å². The highest BCUT2D eigenvalue weighted by Gasteiger charge is 2.38. The van der Waals surface area contributed by atoms with Crippen molar-refractivity contribution in [3.8, 4) is 11.5 Å². The van der Waals surface area contributed by atoms with E-state index in [1.807, 2.05) is 19.1 Å². The van der Waals surface area contributed by atoms with Crippen molar-refractivity contribution in [3.05, 3.63) is 23.8 Å². The fourth-order valence-electron chi connectivity index (χ4n) is 2.56. The molecule has 0 amide bonds. The Morgan fingerprint density at radius 3 is 2.76 bits per heavy atom. The molecule has 0 radical (unpaired) electrons. The van der Waals surface area contributed by atoms with E-state index in [1.165, 1.54) is 0 Å². The van der Waals surface area contributed by atoms with E-state index in [-0.39, 0.29) is 5.75 Å². The van der Waals surface area contributed by atoms with Crippen molar-refractivity contribution in [2.24, 2.45) is 5.92 Å². The van der Waals surface area contributed by atoms with Crippen molar-refractivity contribution < 1.29 is 18.3 Å². The molecule has 118 valence electrons. The summed E-state index contributed by atoms with van der Waals surface area (Å²) in [5.41, 5.74) is 1.14. The molecule has 0 heterocycles. The summed E-state index contributed by atoms with van der Waals surface area (Å²) in [5.74, 6) is 1.64. The van der Waals surface area contributed by atoms with Crippen molar-refractivity contribution in [1.82, 2.24) is 5.32 Å². The van der Waals surface area contributed by atoms with Crippen molar-refractivity contribution in [2.45, 2.75) is 39.2 Å². The first-order valence-corrected chi connectivity index (χ1v) is 7.58. The maximum atomic E-state index is 12.4. The van der Waals surface area contributed by atoms with Crippen LogP contribution >= 0.6 is 0 Å². The van der Waals surface area contributed by atoms with Gasteiger partial charge in [-0.05, 0) is 62.4 Å². The van der Waals surface area contributed by atoms with E-state index in [9.17, 15) is 8.78 Å². The summed E-state index contributed by atoms with van der Waals surface area (Å²) in [6.45, 7) is 3.62. The van der Waals surface area contributed by atoms with Crippen LogP contribution in [0, 0.1) is 5.92 Å². The summed E-state index contributed by atoms with van der Waals surface area (Å²) >= 11 is 0. The van der Waals surface area contributed by atoms with Crippen molar-refractivity contribution in [1.29, 1.82) is 0 Å². The Morgan fingerprint density at radius 1 is 1.29 bits per heavy atom. The van der Waals surface area contributed by atoms with Crippen molar-refractivity contribution in [2.75, 3.05) is 19.7 Å². The lowest BCUT2D eigenvalue weighted by Gasteiger charge is -2.13. The molecular weight excluding hydrogens is 276 g/mol. The smallest absolute Gasteiger partial charge is 0.387 e. The molecular formula is C16H23F2NO2.